The van der Waals surface area contributed by atoms with Gasteiger partial charge in [-0.2, -0.15) is 4.31 Å². The number of methoxy groups -OCH3 is 1. The van der Waals surface area contributed by atoms with Gasteiger partial charge in [-0.1, -0.05) is 12.1 Å². The Kier molecular flexibility index (Phi) is 6.92. The molecular formula is C17H25FN2O4S. The summed E-state index contributed by atoms with van der Waals surface area (Å²) in [6.07, 6.45) is 1.58. The van der Waals surface area contributed by atoms with Crippen molar-refractivity contribution >= 4 is 15.9 Å². The number of piperidine rings is 1. The first-order valence-electron chi connectivity index (χ1n) is 8.40. The first-order valence-corrected chi connectivity index (χ1v) is 9.84. The van der Waals surface area contributed by atoms with E-state index in [-0.39, 0.29) is 35.9 Å². The molecule has 1 aliphatic rings. The van der Waals surface area contributed by atoms with E-state index in [9.17, 15) is 17.6 Å². The maximum Gasteiger partial charge on any atom is 0.245 e. The van der Waals surface area contributed by atoms with Crippen molar-refractivity contribution in [3.05, 3.63) is 30.1 Å². The zero-order valence-electron chi connectivity index (χ0n) is 14.6. The van der Waals surface area contributed by atoms with Gasteiger partial charge in [0.25, 0.3) is 0 Å². The molecule has 2 rings (SSSR count). The van der Waals surface area contributed by atoms with Crippen molar-refractivity contribution in [2.75, 3.05) is 26.8 Å². The number of amides is 1. The van der Waals surface area contributed by atoms with Crippen molar-refractivity contribution in [2.45, 2.75) is 37.1 Å². The van der Waals surface area contributed by atoms with Crippen LogP contribution in [0.15, 0.2) is 29.2 Å². The number of sulfonamides is 1. The molecule has 1 heterocycles. The molecule has 0 spiro atoms. The van der Waals surface area contributed by atoms with Gasteiger partial charge in [-0.25, -0.2) is 12.8 Å². The third-order valence-electron chi connectivity index (χ3n) is 4.42. The number of rotatable bonds is 7. The van der Waals surface area contributed by atoms with E-state index >= 15 is 0 Å². The van der Waals surface area contributed by atoms with Gasteiger partial charge in [0.2, 0.25) is 15.9 Å². The number of hydrogen-bond donors (Lipinski definition) is 1. The van der Waals surface area contributed by atoms with E-state index in [1.54, 1.807) is 7.11 Å². The molecule has 0 aliphatic carbocycles. The summed E-state index contributed by atoms with van der Waals surface area (Å²) in [5.41, 5.74) is 0. The second kappa shape index (κ2) is 8.73. The van der Waals surface area contributed by atoms with Gasteiger partial charge in [0, 0.05) is 38.8 Å². The standard InChI is InChI=1S/C17H25FN2O4S/c1-13(9-12-24-2)19-17(21)14-7-10-20(11-8-14)25(22,23)16-6-4-3-5-15(16)18/h3-6,13-14H,7-12H2,1-2H3,(H,19,21). The van der Waals surface area contributed by atoms with Crippen LogP contribution in [0.25, 0.3) is 0 Å². The van der Waals surface area contributed by atoms with Crippen molar-refractivity contribution in [1.29, 1.82) is 0 Å². The molecule has 140 valence electrons. The average molecular weight is 372 g/mol. The van der Waals surface area contributed by atoms with Crippen LogP contribution in [0.1, 0.15) is 26.2 Å². The number of benzene rings is 1. The van der Waals surface area contributed by atoms with E-state index in [0.29, 0.717) is 19.4 Å². The van der Waals surface area contributed by atoms with E-state index in [1.165, 1.54) is 22.5 Å². The van der Waals surface area contributed by atoms with Gasteiger partial charge in [-0.3, -0.25) is 4.79 Å². The van der Waals surface area contributed by atoms with Gasteiger partial charge in [0.15, 0.2) is 0 Å². The number of carbonyl (C=O) groups excluding carboxylic acids is 1. The van der Waals surface area contributed by atoms with Crippen molar-refractivity contribution in [2.24, 2.45) is 5.92 Å². The number of nitrogens with zero attached hydrogens (tertiary/aromatic N) is 1. The Morgan fingerprint density at radius 2 is 2.00 bits per heavy atom. The Balaban J connectivity index is 1.93. The number of hydrogen-bond acceptors (Lipinski definition) is 4. The third kappa shape index (κ3) is 4.99. The summed E-state index contributed by atoms with van der Waals surface area (Å²) in [4.78, 5) is 12.0. The summed E-state index contributed by atoms with van der Waals surface area (Å²) in [6, 6.07) is 5.36. The largest absolute Gasteiger partial charge is 0.385 e. The van der Waals surface area contributed by atoms with Gasteiger partial charge in [-0.15, -0.1) is 0 Å². The lowest BCUT2D eigenvalue weighted by molar-refractivity contribution is -0.126. The van der Waals surface area contributed by atoms with E-state index in [1.807, 2.05) is 6.92 Å². The third-order valence-corrected chi connectivity index (χ3v) is 6.35. The van der Waals surface area contributed by atoms with E-state index in [0.717, 1.165) is 12.5 Å². The van der Waals surface area contributed by atoms with Crippen LogP contribution in [-0.2, 0) is 19.6 Å². The van der Waals surface area contributed by atoms with Gasteiger partial charge >= 0.3 is 0 Å². The number of nitrogens with one attached hydrogen (secondary N) is 1. The Bertz CT molecular complexity index is 688. The van der Waals surface area contributed by atoms with Crippen LogP contribution in [0.5, 0.6) is 0 Å². The highest BCUT2D eigenvalue weighted by atomic mass is 32.2. The van der Waals surface area contributed by atoms with Crippen molar-refractivity contribution < 1.29 is 22.3 Å². The summed E-state index contributed by atoms with van der Waals surface area (Å²) in [7, 11) is -2.26. The van der Waals surface area contributed by atoms with Crippen LogP contribution in [0.2, 0.25) is 0 Å². The molecule has 1 aromatic carbocycles. The normalized spacial score (nSPS) is 18.0. The lowest BCUT2D eigenvalue weighted by Crippen LogP contribution is -2.45. The SMILES string of the molecule is COCCC(C)NC(=O)C1CCN(S(=O)(=O)c2ccccc2F)CC1. The summed E-state index contributed by atoms with van der Waals surface area (Å²) in [5, 5.41) is 2.93. The predicted octanol–water partition coefficient (Wildman–Crippen LogP) is 1.77. The zero-order chi connectivity index (χ0) is 18.4. The summed E-state index contributed by atoms with van der Waals surface area (Å²) < 4.78 is 45.2. The van der Waals surface area contributed by atoms with Crippen LogP contribution in [0, 0.1) is 11.7 Å². The van der Waals surface area contributed by atoms with Gasteiger partial charge in [0.05, 0.1) is 0 Å². The Morgan fingerprint density at radius 3 is 2.60 bits per heavy atom. The summed E-state index contributed by atoms with van der Waals surface area (Å²) >= 11 is 0. The molecule has 1 amide bonds. The fraction of sp³-hybridized carbons (Fsp3) is 0.588. The van der Waals surface area contributed by atoms with Crippen LogP contribution < -0.4 is 5.32 Å². The molecule has 1 atom stereocenters. The minimum Gasteiger partial charge on any atom is -0.385 e. The molecule has 25 heavy (non-hydrogen) atoms. The second-order valence-corrected chi connectivity index (χ2v) is 8.21. The smallest absolute Gasteiger partial charge is 0.245 e. The van der Waals surface area contributed by atoms with E-state index < -0.39 is 15.8 Å². The first kappa shape index (κ1) is 19.8. The van der Waals surface area contributed by atoms with Crippen LogP contribution in [-0.4, -0.2) is 51.5 Å². The molecule has 1 fully saturated rings. The molecule has 0 radical (unpaired) electrons. The highest BCUT2D eigenvalue weighted by molar-refractivity contribution is 7.89. The molecule has 1 saturated heterocycles. The molecule has 0 saturated carbocycles. The molecule has 1 aliphatic heterocycles. The fourth-order valence-electron chi connectivity index (χ4n) is 2.88. The van der Waals surface area contributed by atoms with Crippen molar-refractivity contribution in [3.8, 4) is 0 Å². The van der Waals surface area contributed by atoms with Gasteiger partial charge in [0.1, 0.15) is 10.7 Å². The van der Waals surface area contributed by atoms with Crippen LogP contribution >= 0.6 is 0 Å². The van der Waals surface area contributed by atoms with E-state index in [4.69, 9.17) is 4.74 Å². The number of halogens is 1. The predicted molar refractivity (Wildman–Crippen MR) is 92.0 cm³/mol. The summed E-state index contributed by atoms with van der Waals surface area (Å²) in [6.45, 7) is 2.90. The van der Waals surface area contributed by atoms with Crippen molar-refractivity contribution in [1.82, 2.24) is 9.62 Å². The molecule has 1 aromatic rings. The van der Waals surface area contributed by atoms with Crippen LogP contribution in [0.4, 0.5) is 4.39 Å². The number of ether oxygens (including phenoxy) is 1. The molecule has 1 N–H and O–H groups in total. The monoisotopic (exact) mass is 372 g/mol. The molecule has 0 aromatic heterocycles. The average Bonchev–Trinajstić information content (AvgIpc) is 2.60. The Labute approximate surface area is 148 Å². The fourth-order valence-corrected chi connectivity index (χ4v) is 4.41. The first-order chi connectivity index (χ1) is 11.9. The number of carbonyl (C=O) groups is 1. The molecule has 8 heteroatoms. The second-order valence-electron chi connectivity index (χ2n) is 6.30. The maximum atomic E-state index is 13.8. The Morgan fingerprint density at radius 1 is 1.36 bits per heavy atom. The highest BCUT2D eigenvalue weighted by Gasteiger charge is 2.33. The van der Waals surface area contributed by atoms with Gasteiger partial charge < -0.3 is 10.1 Å². The zero-order valence-corrected chi connectivity index (χ0v) is 15.4. The topological polar surface area (TPSA) is 75.7 Å². The Hall–Kier alpha value is -1.51. The lowest BCUT2D eigenvalue weighted by Gasteiger charge is -2.31. The quantitative estimate of drug-likeness (QED) is 0.791. The summed E-state index contributed by atoms with van der Waals surface area (Å²) in [5.74, 6) is -1.04. The molecular weight excluding hydrogens is 347 g/mol. The lowest BCUT2D eigenvalue weighted by atomic mass is 9.97. The minimum absolute atomic E-state index is 0.00706. The minimum atomic E-state index is -3.87. The molecule has 6 nitrogen and oxygen atoms in total. The van der Waals surface area contributed by atoms with E-state index in [2.05, 4.69) is 5.32 Å². The van der Waals surface area contributed by atoms with Crippen LogP contribution in [0.3, 0.4) is 0 Å². The molecule has 0 bridgehead atoms. The van der Waals surface area contributed by atoms with Gasteiger partial charge in [-0.05, 0) is 38.3 Å². The highest BCUT2D eigenvalue weighted by Crippen LogP contribution is 2.25. The molecule has 1 unspecified atom stereocenters. The maximum absolute atomic E-state index is 13.8. The van der Waals surface area contributed by atoms with Crippen molar-refractivity contribution in [3.63, 3.8) is 0 Å².